The molecule has 0 saturated heterocycles. The van der Waals surface area contributed by atoms with E-state index in [1.54, 1.807) is 0 Å². The minimum Gasteiger partial charge on any atom is -0.310 e. The first-order chi connectivity index (χ1) is 23.3. The number of hydrogen-bond donors (Lipinski definition) is 0. The summed E-state index contributed by atoms with van der Waals surface area (Å²) in [5, 5.41) is 10.1. The van der Waals surface area contributed by atoms with Crippen LogP contribution in [0.4, 0.5) is 17.1 Å². The van der Waals surface area contributed by atoms with Crippen molar-refractivity contribution in [1.82, 2.24) is 0 Å². The van der Waals surface area contributed by atoms with Crippen LogP contribution in [0.15, 0.2) is 188 Å². The first-order valence-electron chi connectivity index (χ1n) is 16.2. The van der Waals surface area contributed by atoms with Gasteiger partial charge in [-0.05, 0) is 108 Å². The maximum absolute atomic E-state index is 2.37. The van der Waals surface area contributed by atoms with Crippen molar-refractivity contribution in [2.24, 2.45) is 0 Å². The van der Waals surface area contributed by atoms with Crippen LogP contribution >= 0.6 is 0 Å². The lowest BCUT2D eigenvalue weighted by Gasteiger charge is -2.26. The van der Waals surface area contributed by atoms with Gasteiger partial charge in [0.1, 0.15) is 0 Å². The topological polar surface area (TPSA) is 3.24 Å². The van der Waals surface area contributed by atoms with Crippen LogP contribution in [0.3, 0.4) is 0 Å². The first-order valence-corrected chi connectivity index (χ1v) is 16.2. The molecule has 0 bridgehead atoms. The summed E-state index contributed by atoms with van der Waals surface area (Å²) in [6.07, 6.45) is 0. The number of nitrogens with zero attached hydrogens (tertiary/aromatic N) is 1. The summed E-state index contributed by atoms with van der Waals surface area (Å²) >= 11 is 0. The van der Waals surface area contributed by atoms with Crippen LogP contribution in [-0.2, 0) is 0 Å². The molecule has 0 atom stereocenters. The average molecular weight is 598 g/mol. The van der Waals surface area contributed by atoms with Gasteiger partial charge in [0, 0.05) is 17.1 Å². The molecule has 0 unspecified atom stereocenters. The standard InChI is InChI=1S/C46H31N/c1-2-11-32(12-3-1)37-17-10-18-40(29-37)47(41-27-21-33-13-4-5-15-36(33)30-41)39-25-22-35(23-26-39)45-31-38-16-7-8-19-42(38)44-28-24-34-14-6-9-20-43(34)46(44)45/h1-31H. The van der Waals surface area contributed by atoms with Crippen LogP contribution in [0.5, 0.6) is 0 Å². The second-order valence-electron chi connectivity index (χ2n) is 12.2. The molecule has 9 aromatic carbocycles. The Balaban J connectivity index is 1.22. The Morgan fingerprint density at radius 2 is 0.894 bits per heavy atom. The van der Waals surface area contributed by atoms with Crippen molar-refractivity contribution in [2.75, 3.05) is 4.90 Å². The molecule has 0 aliphatic heterocycles. The summed E-state index contributed by atoms with van der Waals surface area (Å²) < 4.78 is 0. The van der Waals surface area contributed by atoms with Crippen molar-refractivity contribution in [3.63, 3.8) is 0 Å². The lowest BCUT2D eigenvalue weighted by molar-refractivity contribution is 1.29. The number of rotatable bonds is 5. The van der Waals surface area contributed by atoms with Crippen molar-refractivity contribution in [1.29, 1.82) is 0 Å². The summed E-state index contributed by atoms with van der Waals surface area (Å²) in [5.74, 6) is 0. The lowest BCUT2D eigenvalue weighted by atomic mass is 9.90. The van der Waals surface area contributed by atoms with E-state index in [0.717, 1.165) is 17.1 Å². The Morgan fingerprint density at radius 3 is 1.72 bits per heavy atom. The molecule has 0 aromatic heterocycles. The van der Waals surface area contributed by atoms with Gasteiger partial charge in [0.2, 0.25) is 0 Å². The van der Waals surface area contributed by atoms with E-state index >= 15 is 0 Å². The van der Waals surface area contributed by atoms with E-state index in [1.807, 2.05) is 0 Å². The molecule has 0 amide bonds. The molecular weight excluding hydrogens is 567 g/mol. The van der Waals surface area contributed by atoms with E-state index in [9.17, 15) is 0 Å². The van der Waals surface area contributed by atoms with E-state index in [0.29, 0.717) is 0 Å². The fourth-order valence-electron chi connectivity index (χ4n) is 7.12. The third kappa shape index (κ3) is 4.81. The summed E-state index contributed by atoms with van der Waals surface area (Å²) in [7, 11) is 0. The maximum atomic E-state index is 2.37. The van der Waals surface area contributed by atoms with Gasteiger partial charge < -0.3 is 4.90 Å². The van der Waals surface area contributed by atoms with Crippen molar-refractivity contribution >= 4 is 60.2 Å². The molecule has 220 valence electrons. The zero-order valence-corrected chi connectivity index (χ0v) is 25.8. The molecule has 0 radical (unpaired) electrons. The molecule has 0 aliphatic carbocycles. The van der Waals surface area contributed by atoms with Gasteiger partial charge in [0.15, 0.2) is 0 Å². The summed E-state index contributed by atoms with van der Waals surface area (Å²) in [6, 6.07) is 68.3. The van der Waals surface area contributed by atoms with Gasteiger partial charge >= 0.3 is 0 Å². The van der Waals surface area contributed by atoms with Crippen molar-refractivity contribution in [3.05, 3.63) is 188 Å². The highest BCUT2D eigenvalue weighted by Crippen LogP contribution is 2.42. The third-order valence-corrected chi connectivity index (χ3v) is 9.39. The smallest absolute Gasteiger partial charge is 0.0468 e. The van der Waals surface area contributed by atoms with Gasteiger partial charge in [-0.25, -0.2) is 0 Å². The molecule has 47 heavy (non-hydrogen) atoms. The molecule has 1 heteroatoms. The molecule has 0 heterocycles. The second kappa shape index (κ2) is 11.3. The third-order valence-electron chi connectivity index (χ3n) is 9.39. The number of fused-ring (bicyclic) bond motifs is 6. The SMILES string of the molecule is c1ccc(-c2cccc(N(c3ccc(-c4cc5ccccc5c5ccc6ccccc6c45)cc3)c3ccc4ccccc4c3)c2)cc1. The molecule has 1 nitrogen and oxygen atoms in total. The maximum Gasteiger partial charge on any atom is 0.0468 e. The van der Waals surface area contributed by atoms with E-state index in [1.165, 1.54) is 65.3 Å². The quantitative estimate of drug-likeness (QED) is 0.178. The van der Waals surface area contributed by atoms with Gasteiger partial charge in [0.05, 0.1) is 0 Å². The highest BCUT2D eigenvalue weighted by molar-refractivity contribution is 6.23. The Hall–Kier alpha value is -6.18. The fourth-order valence-corrected chi connectivity index (χ4v) is 7.12. The summed E-state index contributed by atoms with van der Waals surface area (Å²) in [6.45, 7) is 0. The first kappa shape index (κ1) is 27.2. The van der Waals surface area contributed by atoms with E-state index in [-0.39, 0.29) is 0 Å². The fraction of sp³-hybridized carbons (Fsp3) is 0. The molecule has 0 saturated carbocycles. The molecule has 0 spiro atoms. The highest BCUT2D eigenvalue weighted by atomic mass is 15.1. The van der Waals surface area contributed by atoms with Gasteiger partial charge in [-0.15, -0.1) is 0 Å². The number of hydrogen-bond acceptors (Lipinski definition) is 1. The number of anilines is 3. The molecule has 0 fully saturated rings. The highest BCUT2D eigenvalue weighted by Gasteiger charge is 2.16. The molecule has 0 N–H and O–H groups in total. The normalized spacial score (nSPS) is 11.4. The van der Waals surface area contributed by atoms with Gasteiger partial charge in [0.25, 0.3) is 0 Å². The molecule has 0 aliphatic rings. The Bertz CT molecular complexity index is 2560. The number of benzene rings is 9. The molecular formula is C46H31N. The van der Waals surface area contributed by atoms with Crippen LogP contribution in [0, 0.1) is 0 Å². The minimum atomic E-state index is 1.11. The van der Waals surface area contributed by atoms with Gasteiger partial charge in [-0.3, -0.25) is 0 Å². The van der Waals surface area contributed by atoms with Crippen molar-refractivity contribution in [2.45, 2.75) is 0 Å². The molecule has 9 rings (SSSR count). The lowest BCUT2D eigenvalue weighted by Crippen LogP contribution is -2.10. The van der Waals surface area contributed by atoms with Crippen LogP contribution in [0.1, 0.15) is 0 Å². The predicted molar refractivity (Wildman–Crippen MR) is 202 cm³/mol. The summed E-state index contributed by atoms with van der Waals surface area (Å²) in [5.41, 5.74) is 8.23. The van der Waals surface area contributed by atoms with Crippen LogP contribution in [-0.4, -0.2) is 0 Å². The minimum absolute atomic E-state index is 1.11. The van der Waals surface area contributed by atoms with Crippen LogP contribution in [0.25, 0.3) is 65.3 Å². The largest absolute Gasteiger partial charge is 0.310 e. The van der Waals surface area contributed by atoms with E-state index < -0.39 is 0 Å². The van der Waals surface area contributed by atoms with Crippen LogP contribution in [0.2, 0.25) is 0 Å². The van der Waals surface area contributed by atoms with Gasteiger partial charge in [-0.1, -0.05) is 146 Å². The van der Waals surface area contributed by atoms with Gasteiger partial charge in [-0.2, -0.15) is 0 Å². The van der Waals surface area contributed by atoms with Crippen molar-refractivity contribution < 1.29 is 0 Å². The zero-order valence-electron chi connectivity index (χ0n) is 25.8. The Labute approximate surface area is 274 Å². The Kier molecular flexibility index (Phi) is 6.54. The molecule has 9 aromatic rings. The average Bonchev–Trinajstić information content (AvgIpc) is 3.15. The Morgan fingerprint density at radius 1 is 0.277 bits per heavy atom. The summed E-state index contributed by atoms with van der Waals surface area (Å²) in [4.78, 5) is 2.37. The monoisotopic (exact) mass is 597 g/mol. The van der Waals surface area contributed by atoms with Crippen LogP contribution < -0.4 is 4.90 Å². The van der Waals surface area contributed by atoms with E-state index in [4.69, 9.17) is 0 Å². The zero-order chi connectivity index (χ0) is 31.2. The second-order valence-corrected chi connectivity index (χ2v) is 12.2. The predicted octanol–water partition coefficient (Wildman–Crippen LogP) is 13.1. The van der Waals surface area contributed by atoms with Crippen molar-refractivity contribution in [3.8, 4) is 22.3 Å². The van der Waals surface area contributed by atoms with E-state index in [2.05, 4.69) is 193 Å².